The number of H-pyrrole nitrogens is 2. The van der Waals surface area contributed by atoms with Crippen LogP contribution in [0.15, 0.2) is 60.9 Å². The van der Waals surface area contributed by atoms with E-state index < -0.39 is 24.0 Å². The summed E-state index contributed by atoms with van der Waals surface area (Å²) in [5.41, 5.74) is 3.68. The summed E-state index contributed by atoms with van der Waals surface area (Å²) in [6.07, 6.45) is 4.09. The highest BCUT2D eigenvalue weighted by molar-refractivity contribution is 5.87. The number of carbonyl (C=O) groups is 4. The fourth-order valence-corrected chi connectivity index (χ4v) is 3.93. The number of benzene rings is 2. The fraction of sp³-hybridized carbons (Fsp3) is 0.231. The molecule has 4 rings (SSSR count). The van der Waals surface area contributed by atoms with Gasteiger partial charge < -0.3 is 30.8 Å². The first-order chi connectivity index (χ1) is 17.2. The Bertz CT molecular complexity index is 1280. The Morgan fingerprint density at radius 2 is 1.06 bits per heavy atom. The van der Waals surface area contributed by atoms with E-state index >= 15 is 0 Å². The molecule has 2 amide bonds. The molecule has 0 saturated heterocycles. The van der Waals surface area contributed by atoms with Crippen LogP contribution in [0.3, 0.4) is 0 Å². The van der Waals surface area contributed by atoms with Gasteiger partial charge in [0.25, 0.3) is 0 Å². The highest BCUT2D eigenvalue weighted by Crippen LogP contribution is 2.20. The first kappa shape index (κ1) is 26.0. The highest BCUT2D eigenvalue weighted by atomic mass is 16.4. The van der Waals surface area contributed by atoms with Gasteiger partial charge in [0, 0.05) is 60.9 Å². The molecule has 36 heavy (non-hydrogen) atoms. The van der Waals surface area contributed by atoms with E-state index in [0.29, 0.717) is 0 Å². The zero-order valence-electron chi connectivity index (χ0n) is 19.9. The van der Waals surface area contributed by atoms with Gasteiger partial charge in [-0.2, -0.15) is 0 Å². The van der Waals surface area contributed by atoms with Crippen molar-refractivity contribution >= 4 is 45.6 Å². The van der Waals surface area contributed by atoms with Gasteiger partial charge in [-0.15, -0.1) is 0 Å². The van der Waals surface area contributed by atoms with E-state index in [9.17, 15) is 19.2 Å². The van der Waals surface area contributed by atoms with E-state index in [2.05, 4.69) is 20.6 Å². The number of rotatable bonds is 8. The summed E-state index contributed by atoms with van der Waals surface area (Å²) in [4.78, 5) is 50.2. The second kappa shape index (κ2) is 11.7. The van der Waals surface area contributed by atoms with Gasteiger partial charge >= 0.3 is 11.9 Å². The second-order valence-corrected chi connectivity index (χ2v) is 8.31. The molecule has 0 aliphatic carbocycles. The lowest BCUT2D eigenvalue weighted by Gasteiger charge is -2.12. The smallest absolute Gasteiger partial charge is 0.326 e. The molecule has 0 aliphatic heterocycles. The zero-order chi connectivity index (χ0) is 26.2. The number of aliphatic carboxylic acids is 2. The van der Waals surface area contributed by atoms with Gasteiger partial charge in [-0.3, -0.25) is 9.59 Å². The molecular formula is C26H28N4O6. The molecular weight excluding hydrogens is 464 g/mol. The molecule has 2 heterocycles. The molecule has 10 heteroatoms. The Labute approximate surface area is 206 Å². The van der Waals surface area contributed by atoms with Crippen molar-refractivity contribution < 1.29 is 29.4 Å². The normalized spacial score (nSPS) is 12.3. The van der Waals surface area contributed by atoms with Crippen molar-refractivity contribution in [3.05, 3.63) is 72.1 Å². The Morgan fingerprint density at radius 1 is 0.694 bits per heavy atom. The molecule has 4 aromatic rings. The summed E-state index contributed by atoms with van der Waals surface area (Å²) in [5, 5.41) is 25.0. The van der Waals surface area contributed by atoms with Crippen molar-refractivity contribution in [3.8, 4) is 0 Å². The number of amides is 2. The number of aromatic amines is 2. The fourth-order valence-electron chi connectivity index (χ4n) is 3.93. The molecule has 6 N–H and O–H groups in total. The predicted octanol–water partition coefficient (Wildman–Crippen LogP) is 2.60. The summed E-state index contributed by atoms with van der Waals surface area (Å²) in [5.74, 6) is -2.75. The van der Waals surface area contributed by atoms with Gasteiger partial charge in [-0.25, -0.2) is 9.59 Å². The number of hydrogen-bond acceptors (Lipinski definition) is 4. The van der Waals surface area contributed by atoms with E-state index in [-0.39, 0.29) is 24.7 Å². The minimum Gasteiger partial charge on any atom is -0.480 e. The quantitative estimate of drug-likeness (QED) is 0.221. The van der Waals surface area contributed by atoms with Crippen LogP contribution in [0.25, 0.3) is 21.8 Å². The van der Waals surface area contributed by atoms with Gasteiger partial charge in [0.15, 0.2) is 0 Å². The van der Waals surface area contributed by atoms with E-state index in [0.717, 1.165) is 32.9 Å². The maximum Gasteiger partial charge on any atom is 0.326 e. The summed E-state index contributed by atoms with van der Waals surface area (Å²) in [6, 6.07) is 13.5. The lowest BCUT2D eigenvalue weighted by atomic mass is 10.1. The summed E-state index contributed by atoms with van der Waals surface area (Å²) < 4.78 is 0. The van der Waals surface area contributed by atoms with Gasteiger partial charge in [0.05, 0.1) is 0 Å². The highest BCUT2D eigenvalue weighted by Gasteiger charge is 2.21. The molecule has 0 spiro atoms. The van der Waals surface area contributed by atoms with Crippen molar-refractivity contribution in [2.75, 3.05) is 0 Å². The Morgan fingerprint density at radius 3 is 1.39 bits per heavy atom. The first-order valence-electron chi connectivity index (χ1n) is 11.3. The SMILES string of the molecule is CC(=O)N[C@@H](Cc1c[nH]c2ccccc12)C(=O)O.CC(=O)N[C@@H](Cc1c[nH]c2ccccc12)C(=O)O. The van der Waals surface area contributed by atoms with Crippen LogP contribution in [0.2, 0.25) is 0 Å². The molecule has 0 fully saturated rings. The van der Waals surface area contributed by atoms with Gasteiger partial charge in [0.2, 0.25) is 11.8 Å². The lowest BCUT2D eigenvalue weighted by molar-refractivity contribution is -0.141. The second-order valence-electron chi connectivity index (χ2n) is 8.31. The van der Waals surface area contributed by atoms with E-state index in [1.54, 1.807) is 12.4 Å². The third kappa shape index (κ3) is 6.72. The molecule has 0 aliphatic rings. The average Bonchev–Trinajstić information content (AvgIpc) is 3.42. The molecule has 0 bridgehead atoms. The maximum absolute atomic E-state index is 11.1. The Balaban J connectivity index is 0.000000201. The third-order valence-corrected chi connectivity index (χ3v) is 5.55. The van der Waals surface area contributed by atoms with E-state index in [1.165, 1.54) is 13.8 Å². The Kier molecular flexibility index (Phi) is 8.45. The topological polar surface area (TPSA) is 164 Å². The lowest BCUT2D eigenvalue weighted by Crippen LogP contribution is -2.41. The van der Waals surface area contributed by atoms with Gasteiger partial charge in [-0.1, -0.05) is 36.4 Å². The van der Waals surface area contributed by atoms with E-state index in [1.807, 2.05) is 48.5 Å². The summed E-state index contributed by atoms with van der Waals surface area (Å²) in [7, 11) is 0. The largest absolute Gasteiger partial charge is 0.480 e. The van der Waals surface area contributed by atoms with Crippen LogP contribution in [0, 0.1) is 0 Å². The maximum atomic E-state index is 11.1. The minimum absolute atomic E-state index is 0.263. The van der Waals surface area contributed by atoms with Crippen molar-refractivity contribution in [2.45, 2.75) is 38.8 Å². The molecule has 0 saturated carbocycles. The molecule has 2 atom stereocenters. The molecule has 10 nitrogen and oxygen atoms in total. The number of para-hydroxylation sites is 2. The number of carbonyl (C=O) groups excluding carboxylic acids is 2. The third-order valence-electron chi connectivity index (χ3n) is 5.55. The number of fused-ring (bicyclic) bond motifs is 2. The van der Waals surface area contributed by atoms with Crippen LogP contribution >= 0.6 is 0 Å². The van der Waals surface area contributed by atoms with Crippen LogP contribution in [-0.4, -0.2) is 56.0 Å². The number of hydrogen-bond donors (Lipinski definition) is 6. The number of carboxylic acid groups (broad SMARTS) is 2. The van der Waals surface area contributed by atoms with Crippen LogP contribution < -0.4 is 10.6 Å². The molecule has 188 valence electrons. The molecule has 0 unspecified atom stereocenters. The summed E-state index contributed by atoms with van der Waals surface area (Å²) >= 11 is 0. The first-order valence-corrected chi connectivity index (χ1v) is 11.3. The molecule has 2 aromatic carbocycles. The monoisotopic (exact) mass is 492 g/mol. The predicted molar refractivity (Wildman–Crippen MR) is 134 cm³/mol. The number of carboxylic acids is 2. The summed E-state index contributed by atoms with van der Waals surface area (Å²) in [6.45, 7) is 2.62. The average molecular weight is 493 g/mol. The van der Waals surface area contributed by atoms with Crippen molar-refractivity contribution in [1.29, 1.82) is 0 Å². The standard InChI is InChI=1S/2C13H14N2O3/c2*1-8(16)15-12(13(17)18)6-9-7-14-11-5-3-2-4-10(9)11/h2*2-5,7,12,14H,6H2,1H3,(H,15,16)(H,17,18)/t2*12-/m00/s1. The van der Waals surface area contributed by atoms with Crippen LogP contribution in [-0.2, 0) is 32.0 Å². The van der Waals surface area contributed by atoms with Crippen molar-refractivity contribution in [3.63, 3.8) is 0 Å². The van der Waals surface area contributed by atoms with Crippen molar-refractivity contribution in [2.24, 2.45) is 0 Å². The zero-order valence-corrected chi connectivity index (χ0v) is 19.9. The molecule has 2 aromatic heterocycles. The number of nitrogens with one attached hydrogen (secondary N) is 4. The number of aromatic nitrogens is 2. The van der Waals surface area contributed by atoms with Crippen LogP contribution in [0.5, 0.6) is 0 Å². The van der Waals surface area contributed by atoms with E-state index in [4.69, 9.17) is 10.2 Å². The van der Waals surface area contributed by atoms with Crippen LogP contribution in [0.1, 0.15) is 25.0 Å². The van der Waals surface area contributed by atoms with Crippen molar-refractivity contribution in [1.82, 2.24) is 20.6 Å². The minimum atomic E-state index is -1.03. The van der Waals surface area contributed by atoms with Crippen LogP contribution in [0.4, 0.5) is 0 Å². The van der Waals surface area contributed by atoms with Gasteiger partial charge in [0.1, 0.15) is 12.1 Å². The molecule has 0 radical (unpaired) electrons. The van der Waals surface area contributed by atoms with Gasteiger partial charge in [-0.05, 0) is 23.3 Å². The Hall–Kier alpha value is -4.60.